The second kappa shape index (κ2) is 6.73. The lowest BCUT2D eigenvalue weighted by molar-refractivity contribution is 0.0697. The minimum atomic E-state index is -1.92. The van der Waals surface area contributed by atoms with Crippen molar-refractivity contribution < 1.29 is 23.3 Å². The van der Waals surface area contributed by atoms with Gasteiger partial charge in [-0.2, -0.15) is 0 Å². The van der Waals surface area contributed by atoms with Crippen LogP contribution in [0.5, 0.6) is 0 Å². The fourth-order valence-corrected chi connectivity index (χ4v) is 2.61. The number of carbonyl (C=O) groups is 2. The molecule has 22 heavy (non-hydrogen) atoms. The molecule has 7 nitrogen and oxygen atoms in total. The number of carboxylic acids is 1. The Morgan fingerprint density at radius 1 is 1.41 bits per heavy atom. The molecule has 0 aliphatic heterocycles. The first-order valence-corrected chi connectivity index (χ1v) is 7.53. The maximum atomic E-state index is 11.8. The summed E-state index contributed by atoms with van der Waals surface area (Å²) in [6, 6.07) is 5.44. The lowest BCUT2D eigenvalue weighted by atomic mass is 10.1. The lowest BCUT2D eigenvalue weighted by Gasteiger charge is -2.11. The van der Waals surface area contributed by atoms with E-state index in [1.807, 2.05) is 0 Å². The summed E-state index contributed by atoms with van der Waals surface area (Å²) < 4.78 is 16.2. The molecule has 0 bridgehead atoms. The highest BCUT2D eigenvalue weighted by atomic mass is 35.5. The fraction of sp³-hybridized carbons (Fsp3) is 0.0769. The van der Waals surface area contributed by atoms with Crippen molar-refractivity contribution in [3.8, 4) is 0 Å². The minimum absolute atomic E-state index is 0.00183. The highest BCUT2D eigenvalue weighted by Gasteiger charge is 2.17. The van der Waals surface area contributed by atoms with E-state index >= 15 is 0 Å². The first kappa shape index (κ1) is 16.2. The Labute approximate surface area is 132 Å². The average molecular weight is 343 g/mol. The molecule has 9 heteroatoms. The molecule has 4 N–H and O–H groups in total. The molecular weight excluding hydrogens is 332 g/mol. The van der Waals surface area contributed by atoms with Gasteiger partial charge in [0.1, 0.15) is 11.0 Å². The second-order valence-electron chi connectivity index (χ2n) is 4.18. The zero-order valence-corrected chi connectivity index (χ0v) is 12.6. The van der Waals surface area contributed by atoms with Gasteiger partial charge in [-0.25, -0.2) is 14.1 Å². The van der Waals surface area contributed by atoms with Gasteiger partial charge in [0, 0.05) is 0 Å². The van der Waals surface area contributed by atoms with Crippen LogP contribution in [0.1, 0.15) is 20.9 Å². The van der Waals surface area contributed by atoms with Crippen LogP contribution in [-0.4, -0.2) is 27.6 Å². The number of anilines is 1. The Balaban J connectivity index is 2.26. The number of nitrogens with two attached hydrogens (primary N) is 1. The van der Waals surface area contributed by atoms with Crippen molar-refractivity contribution in [3.05, 3.63) is 46.9 Å². The molecule has 1 heterocycles. The lowest BCUT2D eigenvalue weighted by Crippen LogP contribution is -2.16. The zero-order valence-electron chi connectivity index (χ0n) is 11.0. The predicted molar refractivity (Wildman–Crippen MR) is 80.5 cm³/mol. The first-order chi connectivity index (χ1) is 10.4. The first-order valence-electron chi connectivity index (χ1n) is 5.93. The van der Waals surface area contributed by atoms with Gasteiger partial charge in [-0.15, -0.1) is 0 Å². The van der Waals surface area contributed by atoms with Crippen LogP contribution in [0.2, 0.25) is 5.02 Å². The van der Waals surface area contributed by atoms with Gasteiger partial charge in [-0.05, 0) is 24.3 Å². The van der Waals surface area contributed by atoms with Gasteiger partial charge in [0.05, 0.1) is 34.0 Å². The number of hydrogen-bond acceptors (Lipinski definition) is 5. The van der Waals surface area contributed by atoms with E-state index in [0.717, 1.165) is 6.07 Å². The Morgan fingerprint density at radius 2 is 2.14 bits per heavy atom. The average Bonchev–Trinajstić information content (AvgIpc) is 2.98. The molecule has 0 aliphatic rings. The molecule has 1 atom stereocenters. The van der Waals surface area contributed by atoms with Crippen LogP contribution in [0, 0.1) is 0 Å². The molecule has 1 aromatic carbocycles. The molecule has 0 amide bonds. The molecule has 2 rings (SSSR count). The van der Waals surface area contributed by atoms with Gasteiger partial charge in [0.25, 0.3) is 0 Å². The van der Waals surface area contributed by atoms with Crippen molar-refractivity contribution in [2.24, 2.45) is 5.14 Å². The summed E-state index contributed by atoms with van der Waals surface area (Å²) in [5, 5.41) is 17.1. The molecule has 0 radical (unpaired) electrons. The van der Waals surface area contributed by atoms with Crippen LogP contribution in [0.15, 0.2) is 39.8 Å². The third-order valence-corrected chi connectivity index (χ3v) is 3.95. The number of nitrogens with one attached hydrogen (secondary N) is 1. The molecule has 1 unspecified atom stereocenters. The van der Waals surface area contributed by atoms with E-state index in [0.29, 0.717) is 0 Å². The Morgan fingerprint density at radius 3 is 2.68 bits per heavy atom. The maximum absolute atomic E-state index is 11.8. The summed E-state index contributed by atoms with van der Waals surface area (Å²) in [5.41, 5.74) is -0.0722. The van der Waals surface area contributed by atoms with Crippen LogP contribution >= 0.6 is 11.6 Å². The molecule has 0 spiro atoms. The number of carboxylic acid groups (broad SMARTS) is 1. The van der Waals surface area contributed by atoms with Crippen LogP contribution in [0.25, 0.3) is 0 Å². The molecule has 1 aromatic heterocycles. The topological polar surface area (TPSA) is 123 Å². The molecule has 0 fully saturated rings. The summed E-state index contributed by atoms with van der Waals surface area (Å²) in [4.78, 5) is 23.1. The summed E-state index contributed by atoms with van der Waals surface area (Å²) in [6.07, 6.45) is 1.36. The molecule has 0 saturated carbocycles. The normalized spacial score (nSPS) is 11.9. The van der Waals surface area contributed by atoms with Gasteiger partial charge in [-0.1, -0.05) is 11.6 Å². The monoisotopic (exact) mass is 342 g/mol. The highest BCUT2D eigenvalue weighted by Crippen LogP contribution is 2.27. The van der Waals surface area contributed by atoms with Gasteiger partial charge in [0.15, 0.2) is 5.76 Å². The van der Waals surface area contributed by atoms with Crippen molar-refractivity contribution in [2.45, 2.75) is 4.90 Å². The predicted octanol–water partition coefficient (Wildman–Crippen LogP) is 1.91. The second-order valence-corrected chi connectivity index (χ2v) is 5.63. The van der Waals surface area contributed by atoms with E-state index in [1.54, 1.807) is 6.07 Å². The van der Waals surface area contributed by atoms with Crippen molar-refractivity contribution in [1.82, 2.24) is 0 Å². The number of Topliss-reactive ketones (excluding diaryl/α,β-unsaturated/α-hetero) is 1. The number of ketones is 1. The Hall–Kier alpha value is -2.16. The quantitative estimate of drug-likeness (QED) is 0.689. The van der Waals surface area contributed by atoms with Gasteiger partial charge in [-0.3, -0.25) is 4.79 Å². The van der Waals surface area contributed by atoms with E-state index in [2.05, 4.69) is 5.32 Å². The van der Waals surface area contributed by atoms with Crippen LogP contribution in [0.3, 0.4) is 0 Å². The fourth-order valence-electron chi connectivity index (χ4n) is 1.73. The Kier molecular flexibility index (Phi) is 4.96. The number of rotatable bonds is 6. The van der Waals surface area contributed by atoms with E-state index < -0.39 is 17.0 Å². The van der Waals surface area contributed by atoms with Gasteiger partial charge >= 0.3 is 5.97 Å². The molecule has 2 aromatic rings. The van der Waals surface area contributed by atoms with Crippen molar-refractivity contribution in [1.29, 1.82) is 0 Å². The third kappa shape index (κ3) is 3.53. The number of hydrogen-bond donors (Lipinski definition) is 3. The summed E-state index contributed by atoms with van der Waals surface area (Å²) in [7, 11) is -1.92. The minimum Gasteiger partial charge on any atom is -0.478 e. The van der Waals surface area contributed by atoms with E-state index in [-0.39, 0.29) is 39.3 Å². The SMILES string of the molecule is NS(=O)c1cc(C(=O)O)c(NCC(=O)c2ccco2)cc1Cl. The third-order valence-electron chi connectivity index (χ3n) is 2.75. The maximum Gasteiger partial charge on any atom is 0.337 e. The summed E-state index contributed by atoms with van der Waals surface area (Å²) >= 11 is 5.91. The number of benzene rings is 1. The van der Waals surface area contributed by atoms with Crippen molar-refractivity contribution in [2.75, 3.05) is 11.9 Å². The van der Waals surface area contributed by atoms with Crippen LogP contribution < -0.4 is 10.5 Å². The summed E-state index contributed by atoms with van der Waals surface area (Å²) in [5.74, 6) is -1.48. The molecule has 0 aliphatic carbocycles. The number of carbonyl (C=O) groups excluding carboxylic acids is 1. The standard InChI is InChI=1S/C13H11ClN2O5S/c14-8-5-9(7(13(18)19)4-12(8)22(15)20)16-6-10(17)11-2-1-3-21-11/h1-5,16H,6,15H2,(H,18,19). The molecule has 116 valence electrons. The number of furan rings is 1. The van der Waals surface area contributed by atoms with E-state index in [9.17, 15) is 18.9 Å². The van der Waals surface area contributed by atoms with Gasteiger partial charge in [0.2, 0.25) is 5.78 Å². The van der Waals surface area contributed by atoms with Crippen LogP contribution in [-0.2, 0) is 11.0 Å². The molecule has 0 saturated heterocycles. The zero-order chi connectivity index (χ0) is 16.3. The van der Waals surface area contributed by atoms with Crippen LogP contribution in [0.4, 0.5) is 5.69 Å². The van der Waals surface area contributed by atoms with Crippen molar-refractivity contribution >= 4 is 40.0 Å². The molecular formula is C13H11ClN2O5S. The van der Waals surface area contributed by atoms with E-state index in [1.165, 1.54) is 18.4 Å². The number of halogens is 1. The van der Waals surface area contributed by atoms with E-state index in [4.69, 9.17) is 21.2 Å². The largest absolute Gasteiger partial charge is 0.478 e. The van der Waals surface area contributed by atoms with Crippen molar-refractivity contribution in [3.63, 3.8) is 0 Å². The smallest absolute Gasteiger partial charge is 0.337 e. The van der Waals surface area contributed by atoms with Gasteiger partial charge < -0.3 is 14.8 Å². The Bertz CT molecular complexity index is 745. The number of aromatic carboxylic acids is 1. The summed E-state index contributed by atoms with van der Waals surface area (Å²) in [6.45, 7) is -0.185. The highest BCUT2D eigenvalue weighted by molar-refractivity contribution is 7.82.